The topological polar surface area (TPSA) is 72.9 Å². The van der Waals surface area contributed by atoms with Crippen LogP contribution in [0.2, 0.25) is 0 Å². The molecule has 2 fully saturated rings. The molecule has 2 aliphatic carbocycles. The van der Waals surface area contributed by atoms with E-state index >= 15 is 0 Å². The minimum atomic E-state index is -1.82. The van der Waals surface area contributed by atoms with Crippen LogP contribution in [0.15, 0.2) is 54.6 Å². The van der Waals surface area contributed by atoms with Crippen molar-refractivity contribution in [3.63, 3.8) is 0 Å². The zero-order valence-corrected chi connectivity index (χ0v) is 21.9. The van der Waals surface area contributed by atoms with Crippen molar-refractivity contribution in [1.29, 1.82) is 0 Å². The Hall–Kier alpha value is -3.15. The lowest BCUT2D eigenvalue weighted by Gasteiger charge is -2.44. The number of hydrogen-bond acceptors (Lipinski definition) is 5. The van der Waals surface area contributed by atoms with Gasteiger partial charge < -0.3 is 14.4 Å². The minimum Gasteiger partial charge on any atom is -0.465 e. The average molecular weight is 504 g/mol. The number of fused-ring (bicyclic) bond motifs is 2. The molecule has 2 aromatic carbocycles. The lowest BCUT2D eigenvalue weighted by atomic mass is 9.55. The molecule has 1 saturated heterocycles. The van der Waals surface area contributed by atoms with E-state index in [1.807, 2.05) is 47.4 Å². The van der Waals surface area contributed by atoms with E-state index in [9.17, 15) is 14.4 Å². The molecule has 0 radical (unpaired) electrons. The van der Waals surface area contributed by atoms with Gasteiger partial charge in [-0.1, -0.05) is 73.9 Å². The van der Waals surface area contributed by atoms with Crippen LogP contribution in [0.25, 0.3) is 0 Å². The third-order valence-corrected chi connectivity index (χ3v) is 8.61. The molecule has 1 amide bonds. The van der Waals surface area contributed by atoms with Crippen LogP contribution >= 0.6 is 0 Å². The van der Waals surface area contributed by atoms with E-state index in [1.54, 1.807) is 13.8 Å². The van der Waals surface area contributed by atoms with E-state index < -0.39 is 23.3 Å². The van der Waals surface area contributed by atoms with E-state index in [-0.39, 0.29) is 31.0 Å². The first kappa shape index (κ1) is 25.5. The number of nitrogens with zero attached hydrogens (tertiary/aromatic N) is 1. The van der Waals surface area contributed by atoms with Crippen LogP contribution in [0.5, 0.6) is 0 Å². The molecule has 196 valence electrons. The maximum absolute atomic E-state index is 14.3. The van der Waals surface area contributed by atoms with Gasteiger partial charge in [0.1, 0.15) is 0 Å². The van der Waals surface area contributed by atoms with Crippen LogP contribution in [0.1, 0.15) is 68.6 Å². The van der Waals surface area contributed by atoms with Crippen LogP contribution in [-0.2, 0) is 29.3 Å². The minimum absolute atomic E-state index is 0.113. The van der Waals surface area contributed by atoms with Crippen molar-refractivity contribution in [2.45, 2.75) is 57.3 Å². The lowest BCUT2D eigenvalue weighted by molar-refractivity contribution is -0.172. The SMILES string of the molecule is CCOC(=O)C1(C(=O)OCC)c2ccccc2[C@H](c2ccccc2)[C@@H]2CN(CC3CCCCC3)C(=O)[C@@H]21. The van der Waals surface area contributed by atoms with Gasteiger partial charge in [-0.2, -0.15) is 0 Å². The monoisotopic (exact) mass is 503 g/mol. The summed E-state index contributed by atoms with van der Waals surface area (Å²) in [7, 11) is 0. The zero-order chi connectivity index (χ0) is 26.0. The van der Waals surface area contributed by atoms with Crippen molar-refractivity contribution < 1.29 is 23.9 Å². The first-order valence-electron chi connectivity index (χ1n) is 13.8. The molecule has 0 bridgehead atoms. The van der Waals surface area contributed by atoms with Crippen molar-refractivity contribution in [2.75, 3.05) is 26.3 Å². The number of carbonyl (C=O) groups excluding carboxylic acids is 3. The highest BCUT2D eigenvalue weighted by Crippen LogP contribution is 2.56. The van der Waals surface area contributed by atoms with Gasteiger partial charge in [-0.05, 0) is 49.3 Å². The molecule has 1 aliphatic heterocycles. The number of carbonyl (C=O) groups is 3. The molecule has 2 aromatic rings. The summed E-state index contributed by atoms with van der Waals surface area (Å²) in [6.07, 6.45) is 5.85. The Bertz CT molecular complexity index is 1120. The molecular weight excluding hydrogens is 466 g/mol. The third kappa shape index (κ3) is 4.24. The van der Waals surface area contributed by atoms with Gasteiger partial charge in [-0.25, -0.2) is 0 Å². The molecule has 6 nitrogen and oxygen atoms in total. The van der Waals surface area contributed by atoms with E-state index in [0.717, 1.165) is 24.0 Å². The molecule has 0 aromatic heterocycles. The first-order valence-corrected chi connectivity index (χ1v) is 13.8. The maximum atomic E-state index is 14.3. The second kappa shape index (κ2) is 10.7. The van der Waals surface area contributed by atoms with Gasteiger partial charge in [0.2, 0.25) is 11.3 Å². The normalized spacial score (nSPS) is 24.8. The third-order valence-electron chi connectivity index (χ3n) is 8.61. The van der Waals surface area contributed by atoms with Crippen LogP contribution in [0, 0.1) is 17.8 Å². The molecule has 1 saturated carbocycles. The summed E-state index contributed by atoms with van der Waals surface area (Å²) in [6.45, 7) is 4.85. The van der Waals surface area contributed by atoms with Gasteiger partial charge in [-0.3, -0.25) is 14.4 Å². The molecule has 3 aliphatic rings. The maximum Gasteiger partial charge on any atom is 0.328 e. The predicted octanol–water partition coefficient (Wildman–Crippen LogP) is 4.85. The Labute approximate surface area is 219 Å². The largest absolute Gasteiger partial charge is 0.465 e. The quantitative estimate of drug-likeness (QED) is 0.399. The molecule has 1 heterocycles. The van der Waals surface area contributed by atoms with Gasteiger partial charge in [-0.15, -0.1) is 0 Å². The van der Waals surface area contributed by atoms with Crippen LogP contribution in [0.3, 0.4) is 0 Å². The Balaban J connectivity index is 1.70. The van der Waals surface area contributed by atoms with Gasteiger partial charge in [0, 0.05) is 24.9 Å². The zero-order valence-electron chi connectivity index (χ0n) is 21.9. The Morgan fingerprint density at radius 3 is 2.16 bits per heavy atom. The van der Waals surface area contributed by atoms with Crippen LogP contribution in [0.4, 0.5) is 0 Å². The van der Waals surface area contributed by atoms with Gasteiger partial charge in [0.25, 0.3) is 0 Å². The smallest absolute Gasteiger partial charge is 0.328 e. The molecule has 6 heteroatoms. The van der Waals surface area contributed by atoms with Crippen molar-refractivity contribution in [1.82, 2.24) is 4.90 Å². The fourth-order valence-electron chi connectivity index (χ4n) is 7.14. The Kier molecular flexibility index (Phi) is 7.36. The standard InChI is InChI=1S/C31H37NO5/c1-3-36-29(34)31(30(35)37-4-2)25-18-12-11-17-23(25)26(22-15-9-6-10-16-22)24-20-32(28(33)27(24)31)19-21-13-7-5-8-14-21/h6,9-12,15-18,21,24,26-27H,3-5,7-8,13-14,19-20H2,1-2H3/t24-,26-,27+/m0/s1. The number of esters is 2. The fourth-order valence-corrected chi connectivity index (χ4v) is 7.14. The molecule has 37 heavy (non-hydrogen) atoms. The molecular formula is C31H37NO5. The summed E-state index contributed by atoms with van der Waals surface area (Å²) in [5, 5.41) is 0. The number of ether oxygens (including phenoxy) is 2. The van der Waals surface area contributed by atoms with Crippen molar-refractivity contribution in [2.24, 2.45) is 17.8 Å². The van der Waals surface area contributed by atoms with Crippen LogP contribution in [-0.4, -0.2) is 49.0 Å². The van der Waals surface area contributed by atoms with E-state index in [1.165, 1.54) is 19.3 Å². The molecule has 5 rings (SSSR count). The molecule has 0 unspecified atom stereocenters. The number of hydrogen-bond donors (Lipinski definition) is 0. The number of amides is 1. The van der Waals surface area contributed by atoms with Gasteiger partial charge in [0.05, 0.1) is 19.1 Å². The predicted molar refractivity (Wildman–Crippen MR) is 140 cm³/mol. The number of rotatable bonds is 7. The summed E-state index contributed by atoms with van der Waals surface area (Å²) in [5.41, 5.74) is 0.688. The Morgan fingerprint density at radius 1 is 0.892 bits per heavy atom. The summed E-state index contributed by atoms with van der Waals surface area (Å²) in [5.74, 6) is -2.32. The highest BCUT2D eigenvalue weighted by Gasteiger charge is 2.68. The molecule has 0 spiro atoms. The number of likely N-dealkylation sites (tertiary alicyclic amines) is 1. The summed E-state index contributed by atoms with van der Waals surface area (Å²) < 4.78 is 11.2. The lowest BCUT2D eigenvalue weighted by Crippen LogP contribution is -2.59. The highest BCUT2D eigenvalue weighted by atomic mass is 16.6. The summed E-state index contributed by atoms with van der Waals surface area (Å²) in [6, 6.07) is 17.7. The summed E-state index contributed by atoms with van der Waals surface area (Å²) in [4.78, 5) is 44.1. The van der Waals surface area contributed by atoms with Crippen molar-refractivity contribution >= 4 is 17.8 Å². The van der Waals surface area contributed by atoms with Crippen LogP contribution < -0.4 is 0 Å². The number of benzene rings is 2. The van der Waals surface area contributed by atoms with Gasteiger partial charge in [0.15, 0.2) is 0 Å². The van der Waals surface area contributed by atoms with E-state index in [2.05, 4.69) is 12.1 Å². The first-order chi connectivity index (χ1) is 18.0. The van der Waals surface area contributed by atoms with E-state index in [4.69, 9.17) is 9.47 Å². The second-order valence-electron chi connectivity index (χ2n) is 10.6. The molecule has 0 N–H and O–H groups in total. The second-order valence-corrected chi connectivity index (χ2v) is 10.6. The van der Waals surface area contributed by atoms with Crippen molar-refractivity contribution in [3.8, 4) is 0 Å². The average Bonchev–Trinajstić information content (AvgIpc) is 3.24. The fraction of sp³-hybridized carbons (Fsp3) is 0.516. The molecule has 3 atom stereocenters. The highest BCUT2D eigenvalue weighted by molar-refractivity contribution is 6.12. The summed E-state index contributed by atoms with van der Waals surface area (Å²) >= 11 is 0. The Morgan fingerprint density at radius 2 is 1.51 bits per heavy atom. The van der Waals surface area contributed by atoms with Gasteiger partial charge >= 0.3 is 11.9 Å². The van der Waals surface area contributed by atoms with Crippen molar-refractivity contribution in [3.05, 3.63) is 71.3 Å². The van der Waals surface area contributed by atoms with E-state index in [0.29, 0.717) is 24.6 Å².